The summed E-state index contributed by atoms with van der Waals surface area (Å²) in [5.74, 6) is -7.32. The van der Waals surface area contributed by atoms with Crippen LogP contribution >= 0.6 is 0 Å². The fraction of sp³-hybridized carbons (Fsp3) is 0.708. The van der Waals surface area contributed by atoms with Gasteiger partial charge in [-0.25, -0.2) is 13.0 Å². The minimum Gasteiger partial charge on any atom is -0.492 e. The number of aliphatic carboxylic acids is 1. The van der Waals surface area contributed by atoms with Crippen LogP contribution in [0, 0.1) is 11.3 Å². The molecule has 0 saturated heterocycles. The summed E-state index contributed by atoms with van der Waals surface area (Å²) in [6.45, 7) is 1.77. The fourth-order valence-corrected chi connectivity index (χ4v) is 5.94. The van der Waals surface area contributed by atoms with Gasteiger partial charge in [0, 0.05) is 19.0 Å². The maximum absolute atomic E-state index is 15.5. The third kappa shape index (κ3) is 6.51. The van der Waals surface area contributed by atoms with Crippen LogP contribution in [0.2, 0.25) is 0 Å². The summed E-state index contributed by atoms with van der Waals surface area (Å²) >= 11 is 0. The number of hydrogen-bond acceptors (Lipinski definition) is 4. The van der Waals surface area contributed by atoms with E-state index in [1.165, 1.54) is 18.7 Å². The second kappa shape index (κ2) is 10.3. The Bertz CT molecular complexity index is 1030. The molecule has 0 amide bonds. The molecule has 0 spiro atoms. The molecule has 1 aliphatic heterocycles. The minimum absolute atomic E-state index is 0.298. The Labute approximate surface area is 212 Å². The third-order valence-electron chi connectivity index (χ3n) is 6.88. The Morgan fingerprint density at radius 2 is 1.73 bits per heavy atom. The number of halogens is 7. The molecule has 1 N–H and O–H groups in total. The molecule has 37 heavy (non-hydrogen) atoms. The summed E-state index contributed by atoms with van der Waals surface area (Å²) in [5.41, 5.74) is -3.23. The van der Waals surface area contributed by atoms with Gasteiger partial charge in [-0.05, 0) is 52.2 Å². The highest BCUT2D eigenvalue weighted by atomic mass is 32.2. The van der Waals surface area contributed by atoms with Gasteiger partial charge < -0.3 is 14.7 Å². The van der Waals surface area contributed by atoms with Crippen molar-refractivity contribution in [2.45, 2.75) is 87.6 Å². The van der Waals surface area contributed by atoms with Crippen molar-refractivity contribution < 1.29 is 49.6 Å². The molecule has 0 radical (unpaired) electrons. The zero-order valence-corrected chi connectivity index (χ0v) is 21.5. The van der Waals surface area contributed by atoms with E-state index in [1.807, 2.05) is 0 Å². The molecular formula is C24H30F7NO4S. The quantitative estimate of drug-likeness (QED) is 0.358. The Morgan fingerprint density at radius 3 is 2.24 bits per heavy atom. The maximum Gasteiger partial charge on any atom is 0.420 e. The standard InChI is InChI=1S/C24H30F7NO4S/c1-21(2,20(33)34)13-36-18-11-19-17(10-16(18)23(27,28)29)32(15-6-4-5-7-15)12-14(8-9-22(3,25)26)24(30,31)37(19)35/h10-11,14-15H,4-9,12-13H2,1-3H3,(H,33,34). The summed E-state index contributed by atoms with van der Waals surface area (Å²) in [6, 6.07) is 0.827. The summed E-state index contributed by atoms with van der Waals surface area (Å²) in [5, 5.41) is 5.26. The molecule has 0 bridgehead atoms. The molecule has 13 heteroatoms. The monoisotopic (exact) mass is 561 g/mol. The third-order valence-corrected chi connectivity index (χ3v) is 8.43. The highest BCUT2D eigenvalue weighted by Crippen LogP contribution is 2.49. The zero-order valence-electron chi connectivity index (χ0n) is 20.6. The Kier molecular flexibility index (Phi) is 8.18. The van der Waals surface area contributed by atoms with Crippen LogP contribution in [-0.4, -0.2) is 45.7 Å². The second-order valence-corrected chi connectivity index (χ2v) is 12.0. The number of hydrogen-bond donors (Lipinski definition) is 1. The molecular weight excluding hydrogens is 531 g/mol. The first-order valence-corrected chi connectivity index (χ1v) is 13.0. The van der Waals surface area contributed by atoms with Gasteiger partial charge in [0.25, 0.3) is 0 Å². The van der Waals surface area contributed by atoms with Crippen molar-refractivity contribution in [1.29, 1.82) is 0 Å². The van der Waals surface area contributed by atoms with E-state index < -0.39 is 93.7 Å². The molecule has 1 aromatic rings. The van der Waals surface area contributed by atoms with E-state index in [9.17, 15) is 36.1 Å². The van der Waals surface area contributed by atoms with Crippen molar-refractivity contribution in [2.75, 3.05) is 18.1 Å². The smallest absolute Gasteiger partial charge is 0.420 e. The molecule has 3 rings (SSSR count). The number of fused-ring (bicyclic) bond motifs is 1. The highest BCUT2D eigenvalue weighted by Gasteiger charge is 2.52. The first kappa shape index (κ1) is 29.5. The number of carboxylic acids is 1. The SMILES string of the molecule is CC(F)(F)CCC1CN(C2CCCC2)c2cc(C(F)(F)F)c(OCC(C)(C)C(=O)O)cc2S(=O)C1(F)F. The maximum atomic E-state index is 15.5. The number of rotatable bonds is 8. The van der Waals surface area contributed by atoms with Crippen LogP contribution in [0.15, 0.2) is 17.0 Å². The van der Waals surface area contributed by atoms with E-state index in [4.69, 9.17) is 4.74 Å². The summed E-state index contributed by atoms with van der Waals surface area (Å²) in [6.07, 6.45) is -4.15. The number of carboxylic acid groups (broad SMARTS) is 1. The lowest BCUT2D eigenvalue weighted by atomic mass is 9.95. The van der Waals surface area contributed by atoms with Crippen LogP contribution in [0.25, 0.3) is 0 Å². The van der Waals surface area contributed by atoms with Crippen molar-refractivity contribution in [3.05, 3.63) is 17.7 Å². The summed E-state index contributed by atoms with van der Waals surface area (Å²) in [7, 11) is -3.18. The van der Waals surface area contributed by atoms with Gasteiger partial charge in [-0.3, -0.25) is 4.79 Å². The number of anilines is 1. The van der Waals surface area contributed by atoms with Gasteiger partial charge >= 0.3 is 17.4 Å². The minimum atomic E-state index is -5.00. The molecule has 2 aliphatic rings. The zero-order chi connectivity index (χ0) is 28.0. The lowest BCUT2D eigenvalue weighted by Crippen LogP contribution is -2.42. The van der Waals surface area contributed by atoms with Gasteiger partial charge in [-0.1, -0.05) is 12.8 Å². The van der Waals surface area contributed by atoms with Crippen LogP contribution in [-0.2, 0) is 21.8 Å². The Morgan fingerprint density at radius 1 is 1.14 bits per heavy atom. The molecule has 1 fully saturated rings. The second-order valence-electron chi connectivity index (χ2n) is 10.5. The van der Waals surface area contributed by atoms with Crippen LogP contribution in [0.1, 0.15) is 64.9 Å². The van der Waals surface area contributed by atoms with Crippen LogP contribution < -0.4 is 9.64 Å². The van der Waals surface area contributed by atoms with E-state index >= 15 is 8.78 Å². The molecule has 5 nitrogen and oxygen atoms in total. The van der Waals surface area contributed by atoms with Crippen molar-refractivity contribution in [3.8, 4) is 5.75 Å². The number of carbonyl (C=O) groups is 1. The average molecular weight is 562 g/mol. The van der Waals surface area contributed by atoms with Crippen LogP contribution in [0.4, 0.5) is 36.4 Å². The molecule has 2 atom stereocenters. The molecule has 210 valence electrons. The lowest BCUT2D eigenvalue weighted by Gasteiger charge is -2.34. The fourth-order valence-electron chi connectivity index (χ4n) is 4.57. The van der Waals surface area contributed by atoms with E-state index in [0.29, 0.717) is 44.7 Å². The molecule has 0 aromatic heterocycles. The van der Waals surface area contributed by atoms with Gasteiger partial charge in [-0.2, -0.15) is 22.0 Å². The molecule has 1 heterocycles. The van der Waals surface area contributed by atoms with Crippen molar-refractivity contribution >= 4 is 22.5 Å². The number of ether oxygens (including phenoxy) is 1. The largest absolute Gasteiger partial charge is 0.492 e. The summed E-state index contributed by atoms with van der Waals surface area (Å²) < 4.78 is 119. The number of nitrogens with zero attached hydrogens (tertiary/aromatic N) is 1. The van der Waals surface area contributed by atoms with Gasteiger partial charge in [-0.15, -0.1) is 0 Å². The molecule has 1 aromatic carbocycles. The van der Waals surface area contributed by atoms with Crippen molar-refractivity contribution in [2.24, 2.45) is 11.3 Å². The van der Waals surface area contributed by atoms with E-state index in [-0.39, 0.29) is 5.69 Å². The lowest BCUT2D eigenvalue weighted by molar-refractivity contribution is -0.148. The average Bonchev–Trinajstić information content (AvgIpc) is 3.27. The Balaban J connectivity index is 2.16. The van der Waals surface area contributed by atoms with Gasteiger partial charge in [0.2, 0.25) is 5.92 Å². The van der Waals surface area contributed by atoms with Gasteiger partial charge in [0.05, 0.1) is 27.5 Å². The van der Waals surface area contributed by atoms with Crippen molar-refractivity contribution in [1.82, 2.24) is 0 Å². The first-order valence-electron chi connectivity index (χ1n) is 11.9. The van der Waals surface area contributed by atoms with Crippen LogP contribution in [0.3, 0.4) is 0 Å². The predicted molar refractivity (Wildman–Crippen MR) is 123 cm³/mol. The van der Waals surface area contributed by atoms with E-state index in [2.05, 4.69) is 0 Å². The predicted octanol–water partition coefficient (Wildman–Crippen LogP) is 6.71. The molecule has 1 saturated carbocycles. The Hall–Kier alpha value is -2.05. The number of alkyl halides is 7. The summed E-state index contributed by atoms with van der Waals surface area (Å²) in [4.78, 5) is 12.2. The number of benzene rings is 1. The van der Waals surface area contributed by atoms with E-state index in [0.717, 1.165) is 0 Å². The topological polar surface area (TPSA) is 66.8 Å². The van der Waals surface area contributed by atoms with Gasteiger partial charge in [0.1, 0.15) is 23.2 Å². The van der Waals surface area contributed by atoms with Crippen molar-refractivity contribution in [3.63, 3.8) is 0 Å². The van der Waals surface area contributed by atoms with Gasteiger partial charge in [0.15, 0.2) is 0 Å². The molecule has 2 unspecified atom stereocenters. The van der Waals surface area contributed by atoms with Crippen LogP contribution in [0.5, 0.6) is 5.75 Å². The van der Waals surface area contributed by atoms with E-state index in [1.54, 1.807) is 0 Å². The highest BCUT2D eigenvalue weighted by molar-refractivity contribution is 7.86. The normalized spacial score (nSPS) is 23.0. The molecule has 1 aliphatic carbocycles. The first-order chi connectivity index (χ1) is 16.8.